The molecule has 0 aliphatic heterocycles. The van der Waals surface area contributed by atoms with E-state index in [1.807, 2.05) is 48.5 Å². The summed E-state index contributed by atoms with van der Waals surface area (Å²) in [6, 6.07) is -0.0155. The number of aromatic nitrogens is 3. The number of nitrogens with zero attached hydrogens (tertiary/aromatic N) is 4. The van der Waals surface area contributed by atoms with Gasteiger partial charge in [0.15, 0.2) is 0 Å². The monoisotopic (exact) mass is 504 g/mol. The summed E-state index contributed by atoms with van der Waals surface area (Å²) in [6.45, 7) is 15.3. The number of thiophene rings is 1. The molecule has 0 radical (unpaired) electrons. The number of carbonyl (C=O) groups is 1. The van der Waals surface area contributed by atoms with Crippen LogP contribution < -0.4 is 15.5 Å². The standard InChI is InChI=1S/C12H18ClNO2S.C9H16ClN5/c1-8-7-17-10(3)12(8)14(11(15)5-13)9(2)6-16-4;1-5-11-7-12-6(10)13-8(14-7)15-9(2,3)4/h7,9H,5-6H2,1-4H3;5H2,1-4H3,(H2,11,12,13,14,15)/t9-;/m0./s1. The molecule has 2 rings (SSSR count). The SMILES string of the molecule is CCNc1nc(Cl)nc(NC(C)(C)C)n1.COC[C@H](C)N(C(=O)CCl)c1c(C)csc1C. The number of rotatable bonds is 8. The smallest absolute Gasteiger partial charge is 0.242 e. The van der Waals surface area contributed by atoms with Gasteiger partial charge in [0.2, 0.25) is 23.1 Å². The number of methoxy groups -OCH3 is 1. The minimum absolute atomic E-state index is 0.0111. The van der Waals surface area contributed by atoms with Crippen LogP contribution in [0.4, 0.5) is 17.6 Å². The molecule has 2 N–H and O–H groups in total. The third-order valence-electron chi connectivity index (χ3n) is 4.02. The first-order chi connectivity index (χ1) is 14.9. The van der Waals surface area contributed by atoms with E-state index in [0.717, 1.165) is 22.7 Å². The third-order valence-corrected chi connectivity index (χ3v) is 5.44. The molecule has 0 aromatic carbocycles. The molecule has 0 aliphatic rings. The second-order valence-electron chi connectivity index (χ2n) is 8.18. The predicted molar refractivity (Wildman–Crippen MR) is 136 cm³/mol. The maximum Gasteiger partial charge on any atom is 0.242 e. The predicted octanol–water partition coefficient (Wildman–Crippen LogP) is 5.14. The summed E-state index contributed by atoms with van der Waals surface area (Å²) >= 11 is 13.1. The lowest BCUT2D eigenvalue weighted by molar-refractivity contribution is -0.116. The van der Waals surface area contributed by atoms with E-state index in [9.17, 15) is 4.79 Å². The van der Waals surface area contributed by atoms with Gasteiger partial charge in [-0.1, -0.05) is 0 Å². The number of hydrogen-bond acceptors (Lipinski definition) is 8. The van der Waals surface area contributed by atoms with Crippen LogP contribution in [-0.4, -0.2) is 58.6 Å². The molecule has 1 amide bonds. The van der Waals surface area contributed by atoms with E-state index in [1.165, 1.54) is 0 Å². The lowest BCUT2D eigenvalue weighted by Crippen LogP contribution is -2.42. The number of carbonyl (C=O) groups excluding carboxylic acids is 1. The number of anilines is 3. The van der Waals surface area contributed by atoms with Crippen LogP contribution >= 0.6 is 34.5 Å². The van der Waals surface area contributed by atoms with Crippen molar-refractivity contribution in [1.82, 2.24) is 15.0 Å². The van der Waals surface area contributed by atoms with Gasteiger partial charge in [0.25, 0.3) is 0 Å². The van der Waals surface area contributed by atoms with E-state index in [-0.39, 0.29) is 28.7 Å². The van der Waals surface area contributed by atoms with Crippen molar-refractivity contribution in [2.45, 2.75) is 60.0 Å². The Hall–Kier alpha value is -1.68. The molecule has 2 aromatic rings. The molecule has 0 unspecified atom stereocenters. The average molecular weight is 506 g/mol. The summed E-state index contributed by atoms with van der Waals surface area (Å²) in [5.41, 5.74) is 1.98. The quantitative estimate of drug-likeness (QED) is 0.480. The number of ether oxygens (including phenoxy) is 1. The Kier molecular flexibility index (Phi) is 11.6. The van der Waals surface area contributed by atoms with Crippen molar-refractivity contribution < 1.29 is 9.53 Å². The van der Waals surface area contributed by atoms with Gasteiger partial charge in [-0.05, 0) is 71.0 Å². The minimum atomic E-state index is -0.103. The summed E-state index contributed by atoms with van der Waals surface area (Å²) < 4.78 is 5.12. The first kappa shape index (κ1) is 28.4. The highest BCUT2D eigenvalue weighted by Crippen LogP contribution is 2.32. The van der Waals surface area contributed by atoms with Crippen LogP contribution in [0.5, 0.6) is 0 Å². The fourth-order valence-corrected chi connectivity index (χ4v) is 4.00. The van der Waals surface area contributed by atoms with Crippen molar-refractivity contribution in [2.24, 2.45) is 0 Å². The molecule has 2 heterocycles. The highest BCUT2D eigenvalue weighted by molar-refractivity contribution is 7.10. The first-order valence-corrected chi connectivity index (χ1v) is 12.1. The van der Waals surface area contributed by atoms with Gasteiger partial charge in [0, 0.05) is 24.1 Å². The van der Waals surface area contributed by atoms with Crippen molar-refractivity contribution in [3.05, 3.63) is 21.1 Å². The highest BCUT2D eigenvalue weighted by atomic mass is 35.5. The number of nitrogens with one attached hydrogen (secondary N) is 2. The molecule has 180 valence electrons. The van der Waals surface area contributed by atoms with Crippen molar-refractivity contribution in [1.29, 1.82) is 0 Å². The Bertz CT molecular complexity index is 853. The van der Waals surface area contributed by atoms with E-state index in [2.05, 4.69) is 31.0 Å². The fourth-order valence-electron chi connectivity index (χ4n) is 2.88. The van der Waals surface area contributed by atoms with Gasteiger partial charge in [-0.25, -0.2) is 0 Å². The summed E-state index contributed by atoms with van der Waals surface area (Å²) in [6.07, 6.45) is 0. The van der Waals surface area contributed by atoms with Gasteiger partial charge in [0.05, 0.1) is 18.3 Å². The lowest BCUT2D eigenvalue weighted by Gasteiger charge is -2.29. The topological polar surface area (TPSA) is 92.3 Å². The molecule has 0 saturated heterocycles. The van der Waals surface area contributed by atoms with Crippen molar-refractivity contribution in [3.63, 3.8) is 0 Å². The van der Waals surface area contributed by atoms with Crippen LogP contribution in [0.1, 0.15) is 45.1 Å². The number of hydrogen-bond donors (Lipinski definition) is 2. The van der Waals surface area contributed by atoms with Crippen LogP contribution in [0.15, 0.2) is 5.38 Å². The molecular weight excluding hydrogens is 471 g/mol. The van der Waals surface area contributed by atoms with Crippen molar-refractivity contribution >= 4 is 58.0 Å². The van der Waals surface area contributed by atoms with Crippen LogP contribution in [0.25, 0.3) is 0 Å². The zero-order valence-electron chi connectivity index (χ0n) is 20.0. The summed E-state index contributed by atoms with van der Waals surface area (Å²) in [7, 11) is 1.63. The molecule has 0 fully saturated rings. The zero-order valence-corrected chi connectivity index (χ0v) is 22.4. The van der Waals surface area contributed by atoms with Gasteiger partial charge >= 0.3 is 0 Å². The number of halogens is 2. The summed E-state index contributed by atoms with van der Waals surface area (Å²) in [4.78, 5) is 27.0. The zero-order chi connectivity index (χ0) is 24.5. The van der Waals surface area contributed by atoms with Crippen LogP contribution in [-0.2, 0) is 9.53 Å². The van der Waals surface area contributed by atoms with Crippen molar-refractivity contribution in [2.75, 3.05) is 41.7 Å². The van der Waals surface area contributed by atoms with Gasteiger partial charge in [-0.15, -0.1) is 22.9 Å². The Balaban J connectivity index is 0.000000323. The number of amides is 1. The Morgan fingerprint density at radius 2 is 1.88 bits per heavy atom. The third kappa shape index (κ3) is 9.05. The van der Waals surface area contributed by atoms with E-state index in [0.29, 0.717) is 18.5 Å². The molecule has 1 atom stereocenters. The number of alkyl halides is 1. The Morgan fingerprint density at radius 1 is 1.25 bits per heavy atom. The highest BCUT2D eigenvalue weighted by Gasteiger charge is 2.25. The Labute approximate surface area is 205 Å². The second kappa shape index (κ2) is 13.1. The van der Waals surface area contributed by atoms with E-state index >= 15 is 0 Å². The summed E-state index contributed by atoms with van der Waals surface area (Å²) in [5, 5.41) is 8.36. The van der Waals surface area contributed by atoms with Crippen LogP contribution in [0, 0.1) is 13.8 Å². The van der Waals surface area contributed by atoms with Gasteiger partial charge in [-0.2, -0.15) is 15.0 Å². The molecular formula is C21H34Cl2N6O2S. The van der Waals surface area contributed by atoms with Crippen LogP contribution in [0.2, 0.25) is 5.28 Å². The molecule has 0 bridgehead atoms. The van der Waals surface area contributed by atoms with Crippen LogP contribution in [0.3, 0.4) is 0 Å². The van der Waals surface area contributed by atoms with Gasteiger partial charge < -0.3 is 20.3 Å². The largest absolute Gasteiger partial charge is 0.383 e. The molecule has 8 nitrogen and oxygen atoms in total. The summed E-state index contributed by atoms with van der Waals surface area (Å²) in [5.74, 6) is 0.881. The molecule has 11 heteroatoms. The Morgan fingerprint density at radius 3 is 2.34 bits per heavy atom. The lowest BCUT2D eigenvalue weighted by atomic mass is 10.1. The molecule has 32 heavy (non-hydrogen) atoms. The molecule has 0 aliphatic carbocycles. The van der Waals surface area contributed by atoms with Gasteiger partial charge in [-0.3, -0.25) is 4.79 Å². The van der Waals surface area contributed by atoms with E-state index < -0.39 is 0 Å². The fraction of sp³-hybridized carbons (Fsp3) is 0.619. The molecule has 0 saturated carbocycles. The second-order valence-corrected chi connectivity index (χ2v) is 9.87. The average Bonchev–Trinajstić information content (AvgIpc) is 3.00. The van der Waals surface area contributed by atoms with E-state index in [1.54, 1.807) is 23.3 Å². The number of aryl methyl sites for hydroxylation is 2. The van der Waals surface area contributed by atoms with E-state index in [4.69, 9.17) is 27.9 Å². The maximum atomic E-state index is 12.0. The first-order valence-electron chi connectivity index (χ1n) is 10.3. The minimum Gasteiger partial charge on any atom is -0.383 e. The van der Waals surface area contributed by atoms with Crippen molar-refractivity contribution in [3.8, 4) is 0 Å². The normalized spacial score (nSPS) is 11.9. The maximum absolute atomic E-state index is 12.0. The molecule has 0 spiro atoms. The van der Waals surface area contributed by atoms with Gasteiger partial charge in [0.1, 0.15) is 5.88 Å². The molecule has 2 aromatic heterocycles.